The molecule has 1 saturated heterocycles. The van der Waals surface area contributed by atoms with Crippen LogP contribution in [-0.2, 0) is 6.42 Å². The Hall–Kier alpha value is -0.860. The lowest BCUT2D eigenvalue weighted by molar-refractivity contribution is 0.0740. The minimum Gasteiger partial charge on any atom is -0.315 e. The molecule has 3 rings (SSSR count). The standard InChI is InChI=1S/C15H22N2/c1-16-13-10-17(11-13)15-9-5-3-7-12-6-2-4-8-14(12)15/h2,4,6,8,13,15-16H,3,5,7,9-11H2,1H3/t15-/m0/s1. The Labute approximate surface area is 104 Å². The van der Waals surface area contributed by atoms with Gasteiger partial charge in [0.1, 0.15) is 0 Å². The molecule has 1 atom stereocenters. The molecular weight excluding hydrogens is 208 g/mol. The van der Waals surface area contributed by atoms with E-state index in [4.69, 9.17) is 0 Å². The Balaban J connectivity index is 1.80. The van der Waals surface area contributed by atoms with Crippen molar-refractivity contribution in [2.45, 2.75) is 37.8 Å². The summed E-state index contributed by atoms with van der Waals surface area (Å²) in [4.78, 5) is 2.64. The number of aryl methyl sites for hydroxylation is 1. The third-order valence-electron chi connectivity index (χ3n) is 4.35. The number of hydrogen-bond acceptors (Lipinski definition) is 2. The molecule has 92 valence electrons. The van der Waals surface area contributed by atoms with E-state index in [9.17, 15) is 0 Å². The van der Waals surface area contributed by atoms with Crippen LogP contribution in [0.1, 0.15) is 36.4 Å². The van der Waals surface area contributed by atoms with Crippen LogP contribution >= 0.6 is 0 Å². The molecule has 1 heterocycles. The Morgan fingerprint density at radius 3 is 2.82 bits per heavy atom. The normalized spacial score (nSPS) is 26.1. The molecule has 0 aromatic heterocycles. The maximum absolute atomic E-state index is 3.37. The first-order valence-corrected chi connectivity index (χ1v) is 6.87. The number of hydrogen-bond donors (Lipinski definition) is 1. The molecule has 0 saturated carbocycles. The molecule has 2 nitrogen and oxygen atoms in total. The van der Waals surface area contributed by atoms with Crippen LogP contribution in [0.5, 0.6) is 0 Å². The summed E-state index contributed by atoms with van der Waals surface area (Å²) in [5.74, 6) is 0. The topological polar surface area (TPSA) is 15.3 Å². The average Bonchev–Trinajstić information content (AvgIpc) is 2.51. The van der Waals surface area contributed by atoms with Crippen molar-refractivity contribution in [2.75, 3.05) is 20.1 Å². The largest absolute Gasteiger partial charge is 0.315 e. The monoisotopic (exact) mass is 230 g/mol. The zero-order chi connectivity index (χ0) is 11.7. The number of fused-ring (bicyclic) bond motifs is 1. The van der Waals surface area contributed by atoms with Crippen LogP contribution in [0.3, 0.4) is 0 Å². The molecule has 1 aliphatic heterocycles. The molecule has 1 aromatic carbocycles. The first kappa shape index (κ1) is 11.2. The van der Waals surface area contributed by atoms with E-state index in [1.807, 2.05) is 0 Å². The van der Waals surface area contributed by atoms with E-state index in [1.165, 1.54) is 38.8 Å². The van der Waals surface area contributed by atoms with Crippen LogP contribution in [0.25, 0.3) is 0 Å². The van der Waals surface area contributed by atoms with Crippen LogP contribution in [0.15, 0.2) is 24.3 Å². The second-order valence-corrected chi connectivity index (χ2v) is 5.40. The second kappa shape index (κ2) is 4.79. The number of likely N-dealkylation sites (tertiary alicyclic amines) is 1. The molecule has 0 unspecified atom stereocenters. The van der Waals surface area contributed by atoms with Crippen molar-refractivity contribution in [3.8, 4) is 0 Å². The summed E-state index contributed by atoms with van der Waals surface area (Å²) >= 11 is 0. The zero-order valence-electron chi connectivity index (χ0n) is 10.7. The van der Waals surface area contributed by atoms with E-state index in [1.54, 1.807) is 11.1 Å². The number of nitrogens with one attached hydrogen (secondary N) is 1. The number of rotatable bonds is 2. The van der Waals surface area contributed by atoms with Crippen molar-refractivity contribution in [1.29, 1.82) is 0 Å². The Morgan fingerprint density at radius 1 is 1.18 bits per heavy atom. The van der Waals surface area contributed by atoms with Gasteiger partial charge in [0.05, 0.1) is 0 Å². The molecule has 1 N–H and O–H groups in total. The first-order valence-electron chi connectivity index (χ1n) is 6.87. The van der Waals surface area contributed by atoms with Crippen LogP contribution in [0.4, 0.5) is 0 Å². The van der Waals surface area contributed by atoms with Crippen LogP contribution in [0.2, 0.25) is 0 Å². The van der Waals surface area contributed by atoms with Gasteiger partial charge in [-0.25, -0.2) is 0 Å². The summed E-state index contributed by atoms with van der Waals surface area (Å²) in [5.41, 5.74) is 3.18. The van der Waals surface area contributed by atoms with E-state index >= 15 is 0 Å². The third kappa shape index (κ3) is 2.12. The summed E-state index contributed by atoms with van der Waals surface area (Å²) < 4.78 is 0. The summed E-state index contributed by atoms with van der Waals surface area (Å²) in [6, 6.07) is 10.4. The van der Waals surface area contributed by atoms with Gasteiger partial charge in [-0.1, -0.05) is 30.7 Å². The van der Waals surface area contributed by atoms with Crippen LogP contribution in [-0.4, -0.2) is 31.1 Å². The summed E-state index contributed by atoms with van der Waals surface area (Å²) in [6.45, 7) is 2.44. The third-order valence-corrected chi connectivity index (χ3v) is 4.35. The molecule has 1 fully saturated rings. The first-order chi connectivity index (χ1) is 8.38. The van der Waals surface area contributed by atoms with E-state index in [-0.39, 0.29) is 0 Å². The fraction of sp³-hybridized carbons (Fsp3) is 0.600. The highest BCUT2D eigenvalue weighted by atomic mass is 15.3. The van der Waals surface area contributed by atoms with Crippen molar-refractivity contribution in [2.24, 2.45) is 0 Å². The van der Waals surface area contributed by atoms with Gasteiger partial charge in [-0.05, 0) is 37.4 Å². The van der Waals surface area contributed by atoms with Gasteiger partial charge in [-0.2, -0.15) is 0 Å². The second-order valence-electron chi connectivity index (χ2n) is 5.40. The molecule has 17 heavy (non-hydrogen) atoms. The van der Waals surface area contributed by atoms with Gasteiger partial charge in [-0.3, -0.25) is 4.90 Å². The van der Waals surface area contributed by atoms with Crippen molar-refractivity contribution < 1.29 is 0 Å². The fourth-order valence-corrected chi connectivity index (χ4v) is 3.22. The van der Waals surface area contributed by atoms with Crippen molar-refractivity contribution in [3.05, 3.63) is 35.4 Å². The molecule has 0 spiro atoms. The van der Waals surface area contributed by atoms with E-state index < -0.39 is 0 Å². The highest BCUT2D eigenvalue weighted by Gasteiger charge is 2.33. The van der Waals surface area contributed by atoms with E-state index in [0.717, 1.165) is 0 Å². The molecular formula is C15H22N2. The predicted molar refractivity (Wildman–Crippen MR) is 71.2 cm³/mol. The maximum atomic E-state index is 3.37. The summed E-state index contributed by atoms with van der Waals surface area (Å²) in [7, 11) is 2.07. The Morgan fingerprint density at radius 2 is 2.00 bits per heavy atom. The van der Waals surface area contributed by atoms with Crippen LogP contribution in [0, 0.1) is 0 Å². The number of nitrogens with zero attached hydrogens (tertiary/aromatic N) is 1. The SMILES string of the molecule is CNC1CN([C@H]2CCCCc3ccccc32)C1. The van der Waals surface area contributed by atoms with Gasteiger partial charge >= 0.3 is 0 Å². The van der Waals surface area contributed by atoms with Crippen molar-refractivity contribution in [1.82, 2.24) is 10.2 Å². The van der Waals surface area contributed by atoms with E-state index in [0.29, 0.717) is 12.1 Å². The highest BCUT2D eigenvalue weighted by molar-refractivity contribution is 5.31. The predicted octanol–water partition coefficient (Wildman–Crippen LogP) is 2.36. The van der Waals surface area contributed by atoms with Gasteiger partial charge in [0.15, 0.2) is 0 Å². The molecule has 0 amide bonds. The van der Waals surface area contributed by atoms with Gasteiger partial charge < -0.3 is 5.32 Å². The van der Waals surface area contributed by atoms with Gasteiger partial charge in [0, 0.05) is 25.2 Å². The van der Waals surface area contributed by atoms with Gasteiger partial charge in [0.25, 0.3) is 0 Å². The van der Waals surface area contributed by atoms with Crippen LogP contribution < -0.4 is 5.32 Å². The molecule has 0 radical (unpaired) electrons. The lowest BCUT2D eigenvalue weighted by Gasteiger charge is -2.44. The number of benzene rings is 1. The molecule has 1 aromatic rings. The van der Waals surface area contributed by atoms with Gasteiger partial charge in [0.2, 0.25) is 0 Å². The zero-order valence-corrected chi connectivity index (χ0v) is 10.7. The van der Waals surface area contributed by atoms with Crippen molar-refractivity contribution in [3.63, 3.8) is 0 Å². The maximum Gasteiger partial charge on any atom is 0.0352 e. The summed E-state index contributed by atoms with van der Waals surface area (Å²) in [5, 5.41) is 3.37. The van der Waals surface area contributed by atoms with Crippen molar-refractivity contribution >= 4 is 0 Å². The minimum absolute atomic E-state index is 0.679. The highest BCUT2D eigenvalue weighted by Crippen LogP contribution is 2.35. The Bertz CT molecular complexity index is 382. The molecule has 2 aliphatic rings. The molecule has 1 aliphatic carbocycles. The quantitative estimate of drug-likeness (QED) is 0.785. The Kier molecular flexibility index (Phi) is 3.17. The lowest BCUT2D eigenvalue weighted by Crippen LogP contribution is -2.57. The van der Waals surface area contributed by atoms with Gasteiger partial charge in [-0.15, -0.1) is 0 Å². The molecule has 2 heteroatoms. The average molecular weight is 230 g/mol. The molecule has 0 bridgehead atoms. The summed E-state index contributed by atoms with van der Waals surface area (Å²) in [6.07, 6.45) is 5.35. The van der Waals surface area contributed by atoms with E-state index in [2.05, 4.69) is 41.5 Å². The fourth-order valence-electron chi connectivity index (χ4n) is 3.22. The smallest absolute Gasteiger partial charge is 0.0352 e. The lowest BCUT2D eigenvalue weighted by atomic mass is 9.94. The minimum atomic E-state index is 0.679. The number of likely N-dealkylation sites (N-methyl/N-ethyl adjacent to an activating group) is 1.